The quantitative estimate of drug-likeness (QED) is 0.895. The molecule has 1 aliphatic heterocycles. The summed E-state index contributed by atoms with van der Waals surface area (Å²) in [5.41, 5.74) is 2.13. The summed E-state index contributed by atoms with van der Waals surface area (Å²) in [6, 6.07) is 7.78. The van der Waals surface area contributed by atoms with E-state index in [1.54, 1.807) is 6.92 Å². The zero-order chi connectivity index (χ0) is 14.6. The van der Waals surface area contributed by atoms with Crippen LogP contribution in [0.15, 0.2) is 24.3 Å². The fourth-order valence-electron chi connectivity index (χ4n) is 2.35. The minimum absolute atomic E-state index is 0.0277. The number of ether oxygens (including phenoxy) is 1. The van der Waals surface area contributed by atoms with Gasteiger partial charge in [0, 0.05) is 0 Å². The second-order valence-electron chi connectivity index (χ2n) is 4.86. The fraction of sp³-hybridized carbons (Fsp3) is 0.500. The van der Waals surface area contributed by atoms with Gasteiger partial charge in [-0.1, -0.05) is 31.2 Å². The molecule has 1 aromatic rings. The molecule has 0 fully saturated rings. The number of sulfonamides is 1. The highest BCUT2D eigenvalue weighted by molar-refractivity contribution is 7.90. The normalized spacial score (nSPS) is 18.4. The Labute approximate surface area is 119 Å². The maximum absolute atomic E-state index is 11.8. The van der Waals surface area contributed by atoms with E-state index in [4.69, 9.17) is 4.74 Å². The van der Waals surface area contributed by atoms with Gasteiger partial charge in [0.05, 0.1) is 24.9 Å². The number of hydrogen-bond donors (Lipinski definition) is 1. The Balaban J connectivity index is 2.03. The van der Waals surface area contributed by atoms with Crippen molar-refractivity contribution in [3.05, 3.63) is 35.4 Å². The highest BCUT2D eigenvalue weighted by atomic mass is 32.2. The largest absolute Gasteiger partial charge is 0.373 e. The van der Waals surface area contributed by atoms with Crippen LogP contribution in [-0.2, 0) is 26.0 Å². The van der Waals surface area contributed by atoms with E-state index < -0.39 is 15.9 Å². The van der Waals surface area contributed by atoms with Gasteiger partial charge < -0.3 is 4.74 Å². The van der Waals surface area contributed by atoms with Gasteiger partial charge in [-0.25, -0.2) is 8.42 Å². The molecule has 0 saturated heterocycles. The Bertz CT molecular complexity index is 583. The van der Waals surface area contributed by atoms with Crippen LogP contribution >= 0.6 is 0 Å². The number of fused-ring (bicyclic) bond motifs is 1. The molecule has 110 valence electrons. The van der Waals surface area contributed by atoms with Crippen LogP contribution < -0.4 is 4.72 Å². The van der Waals surface area contributed by atoms with Crippen molar-refractivity contribution in [2.45, 2.75) is 32.3 Å². The van der Waals surface area contributed by atoms with Gasteiger partial charge in [-0.3, -0.25) is 9.52 Å². The van der Waals surface area contributed by atoms with Crippen molar-refractivity contribution >= 4 is 15.9 Å². The van der Waals surface area contributed by atoms with E-state index in [1.807, 2.05) is 24.3 Å². The van der Waals surface area contributed by atoms with Crippen molar-refractivity contribution in [3.8, 4) is 0 Å². The summed E-state index contributed by atoms with van der Waals surface area (Å²) in [7, 11) is -3.51. The summed E-state index contributed by atoms with van der Waals surface area (Å²) in [5, 5.41) is 0. The third kappa shape index (κ3) is 3.80. The van der Waals surface area contributed by atoms with Gasteiger partial charge in [0.15, 0.2) is 0 Å². The highest BCUT2D eigenvalue weighted by Gasteiger charge is 2.24. The molecule has 0 radical (unpaired) electrons. The first-order valence-electron chi connectivity index (χ1n) is 6.74. The average Bonchev–Trinajstić information content (AvgIpc) is 2.38. The molecule has 1 aromatic carbocycles. The van der Waals surface area contributed by atoms with Crippen LogP contribution in [0.5, 0.6) is 0 Å². The SMILES string of the molecule is CCCS(=O)(=O)NC(=O)C[C@H]1OCCc2ccccc21. The van der Waals surface area contributed by atoms with Gasteiger partial charge in [-0.2, -0.15) is 0 Å². The zero-order valence-corrected chi connectivity index (χ0v) is 12.3. The molecule has 1 aliphatic rings. The van der Waals surface area contributed by atoms with Crippen LogP contribution in [0, 0.1) is 0 Å². The molecule has 0 spiro atoms. The fourth-order valence-corrected chi connectivity index (χ4v) is 3.42. The summed E-state index contributed by atoms with van der Waals surface area (Å²) in [5.74, 6) is -0.555. The molecule has 1 N–H and O–H groups in total. The molecular formula is C14H19NO4S. The first-order valence-corrected chi connectivity index (χ1v) is 8.40. The monoisotopic (exact) mass is 297 g/mol. The van der Waals surface area contributed by atoms with Crippen molar-refractivity contribution in [2.24, 2.45) is 0 Å². The molecule has 5 nitrogen and oxygen atoms in total. The van der Waals surface area contributed by atoms with Gasteiger partial charge in [0.1, 0.15) is 0 Å². The standard InChI is InChI=1S/C14H19NO4S/c1-2-9-20(17,18)15-14(16)10-13-12-6-4-3-5-11(12)7-8-19-13/h3-6,13H,2,7-10H2,1H3,(H,15,16)/t13-/m1/s1. The lowest BCUT2D eigenvalue weighted by molar-refractivity contribution is -0.122. The second kappa shape index (κ2) is 6.37. The third-order valence-electron chi connectivity index (χ3n) is 3.21. The minimum atomic E-state index is -3.51. The number of rotatable bonds is 5. The van der Waals surface area contributed by atoms with E-state index >= 15 is 0 Å². The van der Waals surface area contributed by atoms with Gasteiger partial charge in [-0.05, 0) is 24.0 Å². The number of hydrogen-bond acceptors (Lipinski definition) is 4. The summed E-state index contributed by atoms with van der Waals surface area (Å²) >= 11 is 0. The molecule has 2 rings (SSSR count). The van der Waals surface area contributed by atoms with E-state index in [1.165, 1.54) is 0 Å². The Morgan fingerprint density at radius 2 is 2.15 bits per heavy atom. The molecule has 6 heteroatoms. The molecule has 1 amide bonds. The molecule has 0 saturated carbocycles. The molecule has 20 heavy (non-hydrogen) atoms. The zero-order valence-electron chi connectivity index (χ0n) is 11.5. The van der Waals surface area contributed by atoms with Crippen LogP contribution in [0.25, 0.3) is 0 Å². The van der Waals surface area contributed by atoms with Crippen LogP contribution in [0.3, 0.4) is 0 Å². The Kier molecular flexibility index (Phi) is 4.77. The molecular weight excluding hydrogens is 278 g/mol. The van der Waals surface area contributed by atoms with E-state index in [2.05, 4.69) is 4.72 Å². The summed E-state index contributed by atoms with van der Waals surface area (Å²) in [6.45, 7) is 2.31. The number of carbonyl (C=O) groups excluding carboxylic acids is 1. The van der Waals surface area contributed by atoms with Gasteiger partial charge in [0.2, 0.25) is 15.9 Å². The van der Waals surface area contributed by atoms with Crippen LogP contribution in [0.1, 0.15) is 37.0 Å². The van der Waals surface area contributed by atoms with Crippen molar-refractivity contribution in [1.29, 1.82) is 0 Å². The first-order chi connectivity index (χ1) is 9.52. The van der Waals surface area contributed by atoms with E-state index in [9.17, 15) is 13.2 Å². The Hall–Kier alpha value is -1.40. The predicted molar refractivity (Wildman–Crippen MR) is 75.7 cm³/mol. The van der Waals surface area contributed by atoms with Crippen molar-refractivity contribution in [3.63, 3.8) is 0 Å². The number of carbonyl (C=O) groups is 1. The van der Waals surface area contributed by atoms with Crippen molar-refractivity contribution in [1.82, 2.24) is 4.72 Å². The average molecular weight is 297 g/mol. The second-order valence-corrected chi connectivity index (χ2v) is 6.70. The topological polar surface area (TPSA) is 72.5 Å². The smallest absolute Gasteiger partial charge is 0.236 e. The molecule has 0 aromatic heterocycles. The molecule has 0 unspecified atom stereocenters. The lowest BCUT2D eigenvalue weighted by Crippen LogP contribution is -2.34. The number of amides is 1. The van der Waals surface area contributed by atoms with Crippen LogP contribution in [0.4, 0.5) is 0 Å². The van der Waals surface area contributed by atoms with Crippen LogP contribution in [0.2, 0.25) is 0 Å². The maximum Gasteiger partial charge on any atom is 0.236 e. The summed E-state index contributed by atoms with van der Waals surface area (Å²) in [6.07, 6.45) is 0.963. The minimum Gasteiger partial charge on any atom is -0.373 e. The molecule has 1 atom stereocenters. The number of nitrogens with one attached hydrogen (secondary N) is 1. The highest BCUT2D eigenvalue weighted by Crippen LogP contribution is 2.29. The third-order valence-corrected chi connectivity index (χ3v) is 4.69. The van der Waals surface area contributed by atoms with E-state index in [0.717, 1.165) is 17.5 Å². The molecule has 0 bridgehead atoms. The maximum atomic E-state index is 11.8. The van der Waals surface area contributed by atoms with Gasteiger partial charge >= 0.3 is 0 Å². The molecule has 1 heterocycles. The van der Waals surface area contributed by atoms with Crippen molar-refractivity contribution < 1.29 is 17.9 Å². The first kappa shape index (κ1) is 15.0. The van der Waals surface area contributed by atoms with E-state index in [0.29, 0.717) is 13.0 Å². The molecule has 0 aliphatic carbocycles. The summed E-state index contributed by atoms with van der Waals surface area (Å²) < 4.78 is 30.8. The van der Waals surface area contributed by atoms with Gasteiger partial charge in [0.25, 0.3) is 0 Å². The number of benzene rings is 1. The Morgan fingerprint density at radius 3 is 2.90 bits per heavy atom. The Morgan fingerprint density at radius 1 is 1.40 bits per heavy atom. The van der Waals surface area contributed by atoms with Crippen molar-refractivity contribution in [2.75, 3.05) is 12.4 Å². The lowest BCUT2D eigenvalue weighted by atomic mass is 9.96. The summed E-state index contributed by atoms with van der Waals surface area (Å²) in [4.78, 5) is 11.8. The lowest BCUT2D eigenvalue weighted by Gasteiger charge is -2.25. The van der Waals surface area contributed by atoms with E-state index in [-0.39, 0.29) is 18.3 Å². The van der Waals surface area contributed by atoms with Crippen LogP contribution in [-0.4, -0.2) is 26.7 Å². The van der Waals surface area contributed by atoms with Gasteiger partial charge in [-0.15, -0.1) is 0 Å². The predicted octanol–water partition coefficient (Wildman–Crippen LogP) is 1.55.